The number of rotatable bonds is 10. The van der Waals surface area contributed by atoms with Crippen LogP contribution in [0.3, 0.4) is 0 Å². The molecule has 2 N–H and O–H groups in total. The molecule has 1 aliphatic rings. The SMILES string of the molecule is CC(=O)OC[C@H]1S[C@@H](SSCC(O)CO)[C@H](OC(C)=O)[C@@H](OC(C)=O)[C@@H]1OC(C)=O. The zero-order valence-electron chi connectivity index (χ0n) is 17.0. The summed E-state index contributed by atoms with van der Waals surface area (Å²) < 4.78 is 20.7. The van der Waals surface area contributed by atoms with Crippen LogP contribution in [-0.2, 0) is 38.1 Å². The number of esters is 4. The smallest absolute Gasteiger partial charge is 0.303 e. The zero-order chi connectivity index (χ0) is 22.8. The summed E-state index contributed by atoms with van der Waals surface area (Å²) >= 11 is 1.24. The van der Waals surface area contributed by atoms with Crippen molar-refractivity contribution in [3.05, 3.63) is 0 Å². The molecule has 1 fully saturated rings. The average molecular weight is 487 g/mol. The number of thioether (sulfide) groups is 1. The van der Waals surface area contributed by atoms with Gasteiger partial charge in [0.1, 0.15) is 11.2 Å². The van der Waals surface area contributed by atoms with Gasteiger partial charge in [-0.1, -0.05) is 21.6 Å². The minimum atomic E-state index is -1.13. The first-order valence-electron chi connectivity index (χ1n) is 8.92. The highest BCUT2D eigenvalue weighted by Crippen LogP contribution is 2.46. The van der Waals surface area contributed by atoms with Crippen molar-refractivity contribution < 1.29 is 48.3 Å². The molecule has 0 spiro atoms. The molecule has 0 aliphatic carbocycles. The van der Waals surface area contributed by atoms with Crippen molar-refractivity contribution >= 4 is 57.2 Å². The van der Waals surface area contributed by atoms with Crippen molar-refractivity contribution in [2.45, 2.75) is 61.9 Å². The van der Waals surface area contributed by atoms with Gasteiger partial charge in [-0.05, 0) is 0 Å². The van der Waals surface area contributed by atoms with Crippen LogP contribution in [0.2, 0.25) is 0 Å². The van der Waals surface area contributed by atoms with Crippen molar-refractivity contribution in [3.8, 4) is 0 Å². The summed E-state index contributed by atoms with van der Waals surface area (Å²) in [5.41, 5.74) is 0. The summed E-state index contributed by atoms with van der Waals surface area (Å²) in [6.07, 6.45) is -4.06. The predicted octanol–water partition coefficient (Wildman–Crippen LogP) is 0.521. The van der Waals surface area contributed by atoms with Gasteiger partial charge in [0.25, 0.3) is 0 Å². The topological polar surface area (TPSA) is 146 Å². The van der Waals surface area contributed by atoms with Crippen molar-refractivity contribution in [1.82, 2.24) is 0 Å². The molecule has 0 aromatic rings. The largest absolute Gasteiger partial charge is 0.465 e. The lowest BCUT2D eigenvalue weighted by Gasteiger charge is -2.43. The highest BCUT2D eigenvalue weighted by Gasteiger charge is 2.52. The summed E-state index contributed by atoms with van der Waals surface area (Å²) in [4.78, 5) is 46.4. The van der Waals surface area contributed by atoms with Gasteiger partial charge >= 0.3 is 23.9 Å². The minimum absolute atomic E-state index is 0.122. The van der Waals surface area contributed by atoms with Crippen LogP contribution in [0.4, 0.5) is 0 Å². The molecule has 10 nitrogen and oxygen atoms in total. The number of ether oxygens (including phenoxy) is 4. The summed E-state index contributed by atoms with van der Waals surface area (Å²) in [7, 11) is 2.46. The molecule has 1 unspecified atom stereocenters. The fraction of sp³-hybridized carbons (Fsp3) is 0.765. The van der Waals surface area contributed by atoms with Crippen LogP contribution in [0.25, 0.3) is 0 Å². The van der Waals surface area contributed by atoms with Crippen LogP contribution in [-0.4, -0.2) is 87.3 Å². The molecule has 0 aromatic carbocycles. The molecule has 1 saturated heterocycles. The quantitative estimate of drug-likeness (QED) is 0.251. The van der Waals surface area contributed by atoms with Gasteiger partial charge in [0.05, 0.1) is 18.0 Å². The van der Waals surface area contributed by atoms with E-state index in [0.717, 1.165) is 0 Å². The highest BCUT2D eigenvalue weighted by molar-refractivity contribution is 8.78. The van der Waals surface area contributed by atoms with Crippen molar-refractivity contribution in [3.63, 3.8) is 0 Å². The third-order valence-electron chi connectivity index (χ3n) is 3.58. The second-order valence-electron chi connectivity index (χ2n) is 6.28. The molecule has 0 radical (unpaired) electrons. The monoisotopic (exact) mass is 486 g/mol. The first-order chi connectivity index (χ1) is 14.0. The number of aliphatic hydroxyl groups excluding tert-OH is 2. The van der Waals surface area contributed by atoms with Crippen LogP contribution >= 0.6 is 33.3 Å². The summed E-state index contributed by atoms with van der Waals surface area (Å²) in [5, 5.41) is 17.9. The third-order valence-corrected chi connectivity index (χ3v) is 8.41. The van der Waals surface area contributed by atoms with E-state index in [-0.39, 0.29) is 12.4 Å². The van der Waals surface area contributed by atoms with Crippen LogP contribution in [0.15, 0.2) is 0 Å². The molecule has 1 heterocycles. The average Bonchev–Trinajstić information content (AvgIpc) is 2.63. The number of carbonyl (C=O) groups is 4. The highest BCUT2D eigenvalue weighted by atomic mass is 33.1. The summed E-state index contributed by atoms with van der Waals surface area (Å²) in [6, 6.07) is 0. The van der Waals surface area contributed by atoms with Crippen LogP contribution < -0.4 is 0 Å². The van der Waals surface area contributed by atoms with Crippen LogP contribution in [0.5, 0.6) is 0 Å². The molecular formula is C17H26O10S3. The van der Waals surface area contributed by atoms with E-state index in [1.54, 1.807) is 0 Å². The third kappa shape index (κ3) is 9.33. The van der Waals surface area contributed by atoms with E-state index in [9.17, 15) is 24.3 Å². The van der Waals surface area contributed by atoms with E-state index in [2.05, 4.69) is 0 Å². The Morgan fingerprint density at radius 2 is 1.43 bits per heavy atom. The van der Waals surface area contributed by atoms with Gasteiger partial charge in [0.15, 0.2) is 18.3 Å². The Balaban J connectivity index is 3.19. The Labute approximate surface area is 186 Å². The van der Waals surface area contributed by atoms with Crippen LogP contribution in [0.1, 0.15) is 27.7 Å². The molecule has 30 heavy (non-hydrogen) atoms. The standard InChI is InChI=1S/C17H26O10S3/c1-8(19)24-6-13-14(25-9(2)20)15(26-10(3)21)16(27-11(4)22)17(29-13)30-28-7-12(23)5-18/h12-18,23H,5-7H2,1-4H3/t12?,13-,14-,15+,16-,17+/m1/s1. The van der Waals surface area contributed by atoms with E-state index in [1.165, 1.54) is 61.0 Å². The number of hydrogen-bond donors (Lipinski definition) is 2. The first kappa shape index (κ1) is 26.9. The van der Waals surface area contributed by atoms with E-state index < -0.39 is 64.7 Å². The Hall–Kier alpha value is -1.15. The lowest BCUT2D eigenvalue weighted by atomic mass is 10.0. The molecule has 172 valence electrons. The maximum Gasteiger partial charge on any atom is 0.303 e. The van der Waals surface area contributed by atoms with Gasteiger partial charge in [-0.15, -0.1) is 11.8 Å². The summed E-state index contributed by atoms with van der Waals surface area (Å²) in [6.45, 7) is 4.27. The van der Waals surface area contributed by atoms with Crippen molar-refractivity contribution in [2.24, 2.45) is 0 Å². The van der Waals surface area contributed by atoms with Crippen molar-refractivity contribution in [2.75, 3.05) is 19.0 Å². The second kappa shape index (κ2) is 13.3. The van der Waals surface area contributed by atoms with Crippen molar-refractivity contribution in [1.29, 1.82) is 0 Å². The van der Waals surface area contributed by atoms with Gasteiger partial charge in [-0.2, -0.15) is 0 Å². The van der Waals surface area contributed by atoms with Gasteiger partial charge in [0.2, 0.25) is 0 Å². The maximum atomic E-state index is 11.7. The molecule has 0 saturated carbocycles. The van der Waals surface area contributed by atoms with E-state index in [4.69, 9.17) is 24.1 Å². The van der Waals surface area contributed by atoms with Gasteiger partial charge in [-0.25, -0.2) is 0 Å². The van der Waals surface area contributed by atoms with Gasteiger partial charge in [-0.3, -0.25) is 19.2 Å². The number of aliphatic hydroxyl groups is 2. The van der Waals surface area contributed by atoms with Gasteiger partial charge < -0.3 is 29.2 Å². The minimum Gasteiger partial charge on any atom is -0.465 e. The number of hydrogen-bond acceptors (Lipinski definition) is 13. The molecular weight excluding hydrogens is 460 g/mol. The normalized spacial score (nSPS) is 26.9. The Kier molecular flexibility index (Phi) is 11.9. The molecule has 1 rings (SSSR count). The molecule has 0 amide bonds. The number of carbonyl (C=O) groups excluding carboxylic acids is 4. The fourth-order valence-corrected chi connectivity index (χ4v) is 7.48. The lowest BCUT2D eigenvalue weighted by Crippen LogP contribution is -2.57. The summed E-state index contributed by atoms with van der Waals surface area (Å²) in [5.74, 6) is -2.26. The predicted molar refractivity (Wildman–Crippen MR) is 112 cm³/mol. The Bertz CT molecular complexity index is 617. The van der Waals surface area contributed by atoms with E-state index in [1.807, 2.05) is 0 Å². The fourth-order valence-electron chi connectivity index (χ4n) is 2.50. The van der Waals surface area contributed by atoms with E-state index >= 15 is 0 Å². The van der Waals surface area contributed by atoms with Crippen LogP contribution in [0, 0.1) is 0 Å². The van der Waals surface area contributed by atoms with Gasteiger partial charge in [0, 0.05) is 33.4 Å². The maximum absolute atomic E-state index is 11.7. The molecule has 0 bridgehead atoms. The zero-order valence-corrected chi connectivity index (χ0v) is 19.4. The molecule has 0 aromatic heterocycles. The lowest BCUT2D eigenvalue weighted by molar-refractivity contribution is -0.183. The Morgan fingerprint density at radius 3 is 1.93 bits per heavy atom. The Morgan fingerprint density at radius 1 is 0.900 bits per heavy atom. The van der Waals surface area contributed by atoms with E-state index in [0.29, 0.717) is 0 Å². The molecule has 1 aliphatic heterocycles. The molecule has 13 heteroatoms. The molecule has 6 atom stereocenters. The second-order valence-corrected chi connectivity index (χ2v) is 10.5. The first-order valence-corrected chi connectivity index (χ1v) is 12.2.